The first-order chi connectivity index (χ1) is 19.2. The van der Waals surface area contributed by atoms with Crippen molar-refractivity contribution in [3.05, 3.63) is 83.9 Å². The van der Waals surface area contributed by atoms with Crippen LogP contribution in [0.3, 0.4) is 0 Å². The number of phenolic OH excluding ortho intramolecular Hbond substituents is 2. The molecule has 0 unspecified atom stereocenters. The van der Waals surface area contributed by atoms with Gasteiger partial charge in [-0.3, -0.25) is 0 Å². The molecule has 40 heavy (non-hydrogen) atoms. The molecule has 9 heteroatoms. The molecule has 4 aromatic carbocycles. The molecule has 0 atom stereocenters. The molecule has 0 aliphatic heterocycles. The minimum Gasteiger partial charge on any atom is -0.504 e. The number of aromatic nitrogens is 6. The highest BCUT2D eigenvalue weighted by Gasteiger charge is 2.24. The standard InChI is InChI=1S/C31H31N7O2/c1-18(2)20-14-26(30(39)28(16-20)37-32-22-10-6-7-11-23(22)33-37)36(5)27-15-21(19(3)4)17-29(31(27)40)38-34-24-12-8-9-13-25(24)35-38/h6-19,39-40H,1-5H3. The number of phenols is 2. The van der Waals surface area contributed by atoms with E-state index >= 15 is 0 Å². The summed E-state index contributed by atoms with van der Waals surface area (Å²) >= 11 is 0. The van der Waals surface area contributed by atoms with Crippen molar-refractivity contribution in [2.24, 2.45) is 0 Å². The third kappa shape index (κ3) is 4.29. The zero-order chi connectivity index (χ0) is 28.1. The topological polar surface area (TPSA) is 105 Å². The van der Waals surface area contributed by atoms with Crippen LogP contribution < -0.4 is 4.90 Å². The Labute approximate surface area is 231 Å². The fourth-order valence-electron chi connectivity index (χ4n) is 4.80. The van der Waals surface area contributed by atoms with Crippen molar-refractivity contribution in [1.82, 2.24) is 30.0 Å². The fraction of sp³-hybridized carbons (Fsp3) is 0.226. The summed E-state index contributed by atoms with van der Waals surface area (Å²) in [6.45, 7) is 8.37. The minimum absolute atomic E-state index is 0.00561. The summed E-state index contributed by atoms with van der Waals surface area (Å²) in [4.78, 5) is 4.73. The summed E-state index contributed by atoms with van der Waals surface area (Å²) in [5, 5.41) is 41.6. The van der Waals surface area contributed by atoms with Crippen LogP contribution in [-0.4, -0.2) is 47.2 Å². The molecule has 6 aromatic rings. The minimum atomic E-state index is 0.00561. The monoisotopic (exact) mass is 533 g/mol. The first-order valence-electron chi connectivity index (χ1n) is 13.3. The maximum Gasteiger partial charge on any atom is 0.167 e. The molecule has 0 bridgehead atoms. The van der Waals surface area contributed by atoms with Crippen LogP contribution in [0.25, 0.3) is 33.4 Å². The molecular formula is C31H31N7O2. The van der Waals surface area contributed by atoms with E-state index in [1.54, 1.807) is 4.90 Å². The van der Waals surface area contributed by atoms with Crippen LogP contribution in [0.5, 0.6) is 11.5 Å². The van der Waals surface area contributed by atoms with Gasteiger partial charge in [-0.25, -0.2) is 0 Å². The molecule has 0 spiro atoms. The summed E-state index contributed by atoms with van der Waals surface area (Å²) < 4.78 is 0. The first-order valence-corrected chi connectivity index (χ1v) is 13.3. The molecule has 2 aromatic heterocycles. The third-order valence-corrected chi connectivity index (χ3v) is 7.24. The Hall–Kier alpha value is -4.92. The van der Waals surface area contributed by atoms with E-state index in [4.69, 9.17) is 0 Å². The van der Waals surface area contributed by atoms with Gasteiger partial charge in [0.15, 0.2) is 11.5 Å². The second kappa shape index (κ2) is 9.68. The number of hydrogen-bond acceptors (Lipinski definition) is 7. The molecule has 2 N–H and O–H groups in total. The van der Waals surface area contributed by atoms with Crippen LogP contribution in [0.15, 0.2) is 72.8 Å². The Morgan fingerprint density at radius 3 is 1.20 bits per heavy atom. The number of benzene rings is 4. The Bertz CT molecular complexity index is 1670. The van der Waals surface area contributed by atoms with Gasteiger partial charge in [0.1, 0.15) is 33.4 Å². The lowest BCUT2D eigenvalue weighted by atomic mass is 9.99. The van der Waals surface area contributed by atoms with Gasteiger partial charge in [0.2, 0.25) is 0 Å². The Balaban J connectivity index is 1.53. The van der Waals surface area contributed by atoms with Crippen molar-refractivity contribution in [3.8, 4) is 22.9 Å². The largest absolute Gasteiger partial charge is 0.504 e. The van der Waals surface area contributed by atoms with E-state index in [1.807, 2.05) is 79.8 Å². The van der Waals surface area contributed by atoms with Crippen LogP contribution in [0.2, 0.25) is 0 Å². The Morgan fingerprint density at radius 2 is 0.900 bits per heavy atom. The maximum atomic E-state index is 11.6. The average Bonchev–Trinajstić information content (AvgIpc) is 3.57. The van der Waals surface area contributed by atoms with Crippen LogP contribution in [0, 0.1) is 0 Å². The van der Waals surface area contributed by atoms with Gasteiger partial charge in [-0.2, -0.15) is 0 Å². The second-order valence-corrected chi connectivity index (χ2v) is 10.6. The summed E-state index contributed by atoms with van der Waals surface area (Å²) in [6.07, 6.45) is 0. The van der Waals surface area contributed by atoms with Crippen molar-refractivity contribution in [2.45, 2.75) is 39.5 Å². The first kappa shape index (κ1) is 25.4. The second-order valence-electron chi connectivity index (χ2n) is 10.6. The van der Waals surface area contributed by atoms with Crippen molar-refractivity contribution < 1.29 is 10.2 Å². The van der Waals surface area contributed by atoms with Crippen LogP contribution in [0.4, 0.5) is 11.4 Å². The van der Waals surface area contributed by atoms with E-state index in [-0.39, 0.29) is 23.3 Å². The summed E-state index contributed by atoms with van der Waals surface area (Å²) in [5.41, 5.74) is 6.89. The van der Waals surface area contributed by atoms with Crippen LogP contribution in [0.1, 0.15) is 50.7 Å². The third-order valence-electron chi connectivity index (χ3n) is 7.24. The van der Waals surface area contributed by atoms with Gasteiger partial charge in [-0.05, 0) is 71.5 Å². The molecule has 2 heterocycles. The van der Waals surface area contributed by atoms with E-state index in [0.717, 1.165) is 33.2 Å². The van der Waals surface area contributed by atoms with Gasteiger partial charge >= 0.3 is 0 Å². The highest BCUT2D eigenvalue weighted by molar-refractivity contribution is 5.81. The highest BCUT2D eigenvalue weighted by atomic mass is 16.3. The normalized spacial score (nSPS) is 11.8. The van der Waals surface area contributed by atoms with Crippen molar-refractivity contribution in [3.63, 3.8) is 0 Å². The predicted octanol–water partition coefficient (Wildman–Crippen LogP) is 6.58. The van der Waals surface area contributed by atoms with Gasteiger partial charge in [-0.1, -0.05) is 52.0 Å². The molecule has 0 fully saturated rings. The zero-order valence-corrected chi connectivity index (χ0v) is 23.1. The lowest BCUT2D eigenvalue weighted by Gasteiger charge is -2.26. The molecule has 6 rings (SSSR count). The van der Waals surface area contributed by atoms with Crippen molar-refractivity contribution in [1.29, 1.82) is 0 Å². The van der Waals surface area contributed by atoms with Crippen LogP contribution in [-0.2, 0) is 0 Å². The maximum absolute atomic E-state index is 11.6. The summed E-state index contributed by atoms with van der Waals surface area (Å²) in [7, 11) is 1.83. The molecule has 0 aliphatic carbocycles. The molecule has 0 amide bonds. The van der Waals surface area contributed by atoms with Gasteiger partial charge in [0, 0.05) is 7.05 Å². The predicted molar refractivity (Wildman–Crippen MR) is 157 cm³/mol. The Morgan fingerprint density at radius 1 is 0.575 bits per heavy atom. The van der Waals surface area contributed by atoms with Crippen molar-refractivity contribution >= 4 is 33.4 Å². The molecule has 0 saturated heterocycles. The molecule has 0 saturated carbocycles. The number of anilines is 2. The van der Waals surface area contributed by atoms with Gasteiger partial charge < -0.3 is 15.1 Å². The van der Waals surface area contributed by atoms with Gasteiger partial charge in [0.05, 0.1) is 11.4 Å². The molecular weight excluding hydrogens is 502 g/mol. The SMILES string of the molecule is CC(C)c1cc(N(C)c2cc(C(C)C)cc(-n3nc4ccccc4n3)c2O)c(O)c(-n2nc3ccccc3n2)c1. The van der Waals surface area contributed by atoms with E-state index in [9.17, 15) is 10.2 Å². The average molecular weight is 534 g/mol. The number of fused-ring (bicyclic) bond motifs is 2. The highest BCUT2D eigenvalue weighted by Crippen LogP contribution is 2.44. The number of nitrogens with zero attached hydrogens (tertiary/aromatic N) is 7. The quantitative estimate of drug-likeness (QED) is 0.249. The molecule has 9 nitrogen and oxygen atoms in total. The lowest BCUT2D eigenvalue weighted by molar-refractivity contribution is 0.464. The lowest BCUT2D eigenvalue weighted by Crippen LogP contribution is -2.14. The van der Waals surface area contributed by atoms with Gasteiger partial charge in [-0.15, -0.1) is 30.0 Å². The Kier molecular flexibility index (Phi) is 6.14. The number of rotatable bonds is 6. The van der Waals surface area contributed by atoms with Gasteiger partial charge in [0.25, 0.3) is 0 Å². The van der Waals surface area contributed by atoms with E-state index < -0.39 is 0 Å². The van der Waals surface area contributed by atoms with E-state index in [1.165, 1.54) is 9.59 Å². The summed E-state index contributed by atoms with van der Waals surface area (Å²) in [6, 6.07) is 22.9. The van der Waals surface area contributed by atoms with Crippen molar-refractivity contribution in [2.75, 3.05) is 11.9 Å². The van der Waals surface area contributed by atoms with E-state index in [2.05, 4.69) is 48.1 Å². The van der Waals surface area contributed by atoms with Crippen LogP contribution >= 0.6 is 0 Å². The van der Waals surface area contributed by atoms with E-state index in [0.29, 0.717) is 22.7 Å². The molecule has 0 aliphatic rings. The summed E-state index contributed by atoms with van der Waals surface area (Å²) in [5.74, 6) is 0.351. The smallest absolute Gasteiger partial charge is 0.167 e. The molecule has 0 radical (unpaired) electrons. The molecule has 202 valence electrons. The zero-order valence-electron chi connectivity index (χ0n) is 23.1. The number of aromatic hydroxyl groups is 2. The fourth-order valence-corrected chi connectivity index (χ4v) is 4.80. The number of hydrogen-bond donors (Lipinski definition) is 2.